The van der Waals surface area contributed by atoms with E-state index in [1.165, 1.54) is 0 Å². The third-order valence-electron chi connectivity index (χ3n) is 26.0. The number of anilines is 12. The molecule has 42 heteroatoms. The van der Waals surface area contributed by atoms with Gasteiger partial charge in [0, 0.05) is 183 Å². The summed E-state index contributed by atoms with van der Waals surface area (Å²) in [6.07, 6.45) is 20.0. The first kappa shape index (κ1) is 97.1. The zero-order chi connectivity index (χ0) is 101. The molecule has 25 rings (SSSR count). The van der Waals surface area contributed by atoms with E-state index in [0.29, 0.717) is 122 Å². The number of nitrogens with two attached hydrogens (primary N) is 1. The zero-order valence-corrected chi connectivity index (χ0v) is 81.9. The third kappa shape index (κ3) is 23.2. The smallest absolute Gasteiger partial charge is 0.323 e. The zero-order valence-electron chi connectivity index (χ0n) is 81.9. The molecule has 6 saturated heterocycles. The second-order valence-electron chi connectivity index (χ2n) is 36.1. The van der Waals surface area contributed by atoms with Crippen LogP contribution in [0, 0.1) is 5.92 Å². The molecule has 6 aliphatic heterocycles. The van der Waals surface area contributed by atoms with Crippen LogP contribution in [0.15, 0.2) is 280 Å². The fourth-order valence-corrected chi connectivity index (χ4v) is 18.1. The normalized spacial score (nSPS) is 15.5. The van der Waals surface area contributed by atoms with Crippen molar-refractivity contribution in [2.75, 3.05) is 200 Å². The Hall–Kier alpha value is -18.0. The number of H-pyrrole nitrogens is 1. The van der Waals surface area contributed by atoms with Crippen LogP contribution in [0.2, 0.25) is 0 Å². The number of likely N-dealkylation sites (tertiary alicyclic amines) is 1. The largest absolute Gasteiger partial charge is 0.378 e. The molecular weight excluding hydrogens is 1890 g/mol. The van der Waals surface area contributed by atoms with Gasteiger partial charge in [0.05, 0.1) is 101 Å². The van der Waals surface area contributed by atoms with Gasteiger partial charge in [-0.15, -0.1) is 25.5 Å². The van der Waals surface area contributed by atoms with Gasteiger partial charge in [-0.2, -0.15) is 5.10 Å². The van der Waals surface area contributed by atoms with Crippen LogP contribution in [0.25, 0.3) is 95.4 Å². The van der Waals surface area contributed by atoms with Crippen molar-refractivity contribution in [2.24, 2.45) is 5.92 Å². The Kier molecular flexibility index (Phi) is 29.7. The topological polar surface area (TPSA) is 450 Å². The standard InChI is InChI=1S/C30H33N7O3.C23H22N6O2.C22H21N7O2.C17H16N6O.C15H17N7O/c1-21-12-15-36(16-13-21)29(38)23-6-10-25(11-7-23)32-30(39)31-24-8-4-22(5-9-24)27-33-28(35-17-19-40-20-18-35)26-3-2-14-37(26)34-27;30-23(24-18-5-2-1-3-6-18)25-19-10-8-17(9-11-19)21-26-22(28-13-15-31-16-14-28)20-7-4-12-29(20)27-21;30-22(25-18-3-1-9-23-15-18)24-17-7-5-16(6-8-17)20-26-21(28-11-13-31-14-12-28)19-4-2-10-29(19)27-20;1-3-12(13-11-18-20-14(13)4-1)16-19-17(22-7-9-24-10-8-22)15-5-2-6-23(15)21-16;1-10-9-23-6-5-21(10)14-12-3-2-4-22(12)20-13(19-14)11-7-17-15(16)18-8-11/h2-11,14,21H,12-13,15-20H2,1H3,(H2,31,32,39);1-12H,13-16H2,(H2,24,25,30);1-10,15H,11-14H2,(H2,24,25,30);1-6,11H,7-10H2,(H,18,20);2-4,7-8,10H,5-6,9H2,1H3,(H2,16,17,18)/t;;;;10-/m....1/s1. The van der Waals surface area contributed by atoms with E-state index in [2.05, 4.69) is 116 Å². The van der Waals surface area contributed by atoms with Crippen LogP contribution in [0.1, 0.15) is 37.0 Å². The lowest BCUT2D eigenvalue weighted by atomic mass is 9.98. The predicted molar refractivity (Wildman–Crippen MR) is 571 cm³/mol. The van der Waals surface area contributed by atoms with Crippen molar-refractivity contribution in [2.45, 2.75) is 32.7 Å². The van der Waals surface area contributed by atoms with Crippen LogP contribution in [-0.2, 0) is 23.7 Å². The number of ether oxygens (including phenoxy) is 5. The minimum Gasteiger partial charge on any atom is -0.378 e. The summed E-state index contributed by atoms with van der Waals surface area (Å²) >= 11 is 0. The van der Waals surface area contributed by atoms with Gasteiger partial charge in [-0.3, -0.25) is 14.9 Å². The first-order valence-electron chi connectivity index (χ1n) is 49.5. The molecule has 0 saturated carbocycles. The van der Waals surface area contributed by atoms with E-state index >= 15 is 0 Å². The third-order valence-corrected chi connectivity index (χ3v) is 26.0. The number of aromatic amines is 1. The monoisotopic (exact) mass is 2000 g/mol. The molecule has 149 heavy (non-hydrogen) atoms. The maximum Gasteiger partial charge on any atom is 0.323 e. The number of rotatable bonds is 17. The maximum atomic E-state index is 12.8. The van der Waals surface area contributed by atoms with E-state index in [1.54, 1.807) is 61.2 Å². The van der Waals surface area contributed by atoms with Gasteiger partial charge in [-0.25, -0.2) is 71.8 Å². The average Bonchev–Trinajstić information content (AvgIpc) is 1.62. The highest BCUT2D eigenvalue weighted by atomic mass is 16.5. The van der Waals surface area contributed by atoms with Crippen molar-refractivity contribution >= 4 is 132 Å². The fraction of sp³-hybridized carbons (Fsp3) is 0.252. The van der Waals surface area contributed by atoms with Gasteiger partial charge in [0.15, 0.2) is 58.2 Å². The highest BCUT2D eigenvalue weighted by molar-refractivity contribution is 6.02. The van der Waals surface area contributed by atoms with E-state index in [-0.39, 0.29) is 36.0 Å². The van der Waals surface area contributed by atoms with E-state index in [9.17, 15) is 19.2 Å². The maximum absolute atomic E-state index is 12.8. The number of carbonyl (C=O) groups is 4. The number of hydrogen-bond donors (Lipinski definition) is 8. The Bertz CT molecular complexity index is 7630. The number of urea groups is 3. The van der Waals surface area contributed by atoms with Crippen LogP contribution < -0.4 is 62.1 Å². The van der Waals surface area contributed by atoms with Crippen molar-refractivity contribution in [3.8, 4) is 56.9 Å². The lowest BCUT2D eigenvalue weighted by Crippen LogP contribution is -2.44. The minimum absolute atomic E-state index is 0.0416. The lowest BCUT2D eigenvalue weighted by molar-refractivity contribution is 0.0697. The van der Waals surface area contributed by atoms with Crippen LogP contribution >= 0.6 is 0 Å². The molecule has 756 valence electrons. The van der Waals surface area contributed by atoms with Gasteiger partial charge in [0.2, 0.25) is 5.95 Å². The van der Waals surface area contributed by atoms with E-state index in [4.69, 9.17) is 59.4 Å². The Morgan fingerprint density at radius 1 is 0.342 bits per heavy atom. The quantitative estimate of drug-likeness (QED) is 0.0420. The summed E-state index contributed by atoms with van der Waals surface area (Å²) in [5.74, 6) is 8.61. The van der Waals surface area contributed by atoms with Crippen LogP contribution in [0.5, 0.6) is 0 Å². The van der Waals surface area contributed by atoms with Crippen molar-refractivity contribution in [3.05, 3.63) is 286 Å². The van der Waals surface area contributed by atoms with E-state index < -0.39 is 0 Å². The summed E-state index contributed by atoms with van der Waals surface area (Å²) in [7, 11) is 0. The number of aromatic nitrogens is 20. The summed E-state index contributed by atoms with van der Waals surface area (Å²) in [4.78, 5) is 99.1. The number of fused-ring (bicyclic) bond motifs is 6. The number of piperidine rings is 1. The molecule has 19 aromatic rings. The summed E-state index contributed by atoms with van der Waals surface area (Å²) in [6.45, 7) is 20.1. The Labute approximate surface area is 854 Å². The molecule has 6 fully saturated rings. The number of nitrogens with one attached hydrogen (secondary N) is 7. The molecule has 0 unspecified atom stereocenters. The number of amides is 7. The number of para-hydroxylation sites is 1. The van der Waals surface area contributed by atoms with Gasteiger partial charge in [0.25, 0.3) is 5.91 Å². The minimum atomic E-state index is -0.364. The van der Waals surface area contributed by atoms with Crippen LogP contribution in [0.3, 0.4) is 0 Å². The molecule has 0 spiro atoms. The lowest BCUT2D eigenvalue weighted by Gasteiger charge is -2.34. The molecule has 6 aromatic carbocycles. The average molecular weight is 2000 g/mol. The number of pyridine rings is 1. The van der Waals surface area contributed by atoms with Gasteiger partial charge in [0.1, 0.15) is 27.6 Å². The molecule has 6 aliphatic rings. The molecule has 0 radical (unpaired) electrons. The van der Waals surface area contributed by atoms with Crippen LogP contribution in [0.4, 0.5) is 83.5 Å². The van der Waals surface area contributed by atoms with Gasteiger partial charge < -0.3 is 90.7 Å². The molecular formula is C107H109N33O9. The number of carbonyl (C=O) groups excluding carboxylic acids is 4. The molecule has 0 aliphatic carbocycles. The van der Waals surface area contributed by atoms with Crippen molar-refractivity contribution in [3.63, 3.8) is 0 Å². The molecule has 42 nitrogen and oxygen atoms in total. The first-order valence-corrected chi connectivity index (χ1v) is 49.5. The predicted octanol–water partition coefficient (Wildman–Crippen LogP) is 15.0. The molecule has 7 amide bonds. The van der Waals surface area contributed by atoms with E-state index in [0.717, 1.165) is 199 Å². The van der Waals surface area contributed by atoms with Gasteiger partial charge in [-0.1, -0.05) is 37.3 Å². The SMILES string of the molecule is CC1CCN(C(=O)c2ccc(NC(=O)Nc3ccc(-c4nc(N5CCOCC5)c5cccn5n4)cc3)cc2)CC1.C[C@@H]1COCCN1c1nc(-c2cnc(N)nc2)nn2cccc12.O=C(Nc1ccc(-c2nc(N3CCOCC3)c3cccn3n2)cc1)Nc1cccnc1.O=C(Nc1ccccc1)Nc1ccc(-c2nc(N3CCOCC3)c3cccn3n2)cc1.c1cc(-c2nc(N3CCOCC3)c3cccn3n2)c2cn[nH]c2c1. The summed E-state index contributed by atoms with van der Waals surface area (Å²) in [5.41, 5.74) is 20.3. The Morgan fingerprint density at radius 2 is 0.705 bits per heavy atom. The van der Waals surface area contributed by atoms with E-state index in [1.807, 2.05) is 247 Å². The second kappa shape index (κ2) is 45.5. The second-order valence-corrected chi connectivity index (χ2v) is 36.1. The van der Waals surface area contributed by atoms with Gasteiger partial charge in [-0.05, 0) is 214 Å². The molecule has 1 atom stereocenters. The highest BCUT2D eigenvalue weighted by Crippen LogP contribution is 2.35. The molecule has 9 N–H and O–H groups in total. The van der Waals surface area contributed by atoms with Crippen molar-refractivity contribution in [1.82, 2.24) is 103 Å². The van der Waals surface area contributed by atoms with Gasteiger partial charge >= 0.3 is 18.1 Å². The van der Waals surface area contributed by atoms with Crippen molar-refractivity contribution < 1.29 is 42.9 Å². The van der Waals surface area contributed by atoms with Crippen LogP contribution in [-0.4, -0.2) is 271 Å². The fourth-order valence-electron chi connectivity index (χ4n) is 18.1. The number of nitrogens with zero attached hydrogens (tertiary/aromatic N) is 25. The summed E-state index contributed by atoms with van der Waals surface area (Å²) < 4.78 is 36.7. The number of nitrogen functional groups attached to an aromatic ring is 1. The highest BCUT2D eigenvalue weighted by Gasteiger charge is 2.29. The first-order chi connectivity index (χ1) is 73.2. The number of morpholine rings is 5. The number of hydrogen-bond acceptors (Lipinski definition) is 29. The number of benzene rings is 6. The summed E-state index contributed by atoms with van der Waals surface area (Å²) in [5, 5.41) is 48.3. The Balaban J connectivity index is 0.000000110. The molecule has 13 aromatic heterocycles. The Morgan fingerprint density at radius 3 is 1.11 bits per heavy atom. The van der Waals surface area contributed by atoms with Crippen molar-refractivity contribution in [1.29, 1.82) is 0 Å². The summed E-state index contributed by atoms with van der Waals surface area (Å²) in [6, 6.07) is 67.5. The molecule has 19 heterocycles. The molecule has 0 bridgehead atoms.